The number of Topliss-reactive ketones (excluding diaryl/α,β-unsaturated/α-hetero) is 1. The Morgan fingerprint density at radius 1 is 1.42 bits per heavy atom. The predicted molar refractivity (Wildman–Crippen MR) is 90.5 cm³/mol. The van der Waals surface area contributed by atoms with Crippen LogP contribution in [-0.4, -0.2) is 15.8 Å². The Morgan fingerprint density at radius 3 is 2.73 bits per heavy atom. The molecule has 8 nitrogen and oxygen atoms in total. The fourth-order valence-electron chi connectivity index (χ4n) is 3.35. The zero-order valence-electron chi connectivity index (χ0n) is 14.3. The van der Waals surface area contributed by atoms with Crippen molar-refractivity contribution in [1.29, 1.82) is 5.26 Å². The molecular weight excluding hydrogens is 338 g/mol. The molecule has 1 heterocycles. The third kappa shape index (κ3) is 2.77. The summed E-state index contributed by atoms with van der Waals surface area (Å²) in [5.41, 5.74) is 5.70. The molecule has 0 unspecified atom stereocenters. The largest absolute Gasteiger partial charge is 0.508 e. The lowest BCUT2D eigenvalue weighted by molar-refractivity contribution is -0.385. The molecule has 1 aromatic carbocycles. The number of carbonyl (C=O) groups excluding carboxylic acids is 1. The zero-order valence-corrected chi connectivity index (χ0v) is 14.3. The second-order valence-corrected chi connectivity index (χ2v) is 7.18. The molecule has 1 aliphatic heterocycles. The molecule has 8 heteroatoms. The molecule has 26 heavy (non-hydrogen) atoms. The van der Waals surface area contributed by atoms with E-state index in [1.165, 1.54) is 6.07 Å². The van der Waals surface area contributed by atoms with Crippen LogP contribution in [0.3, 0.4) is 0 Å². The van der Waals surface area contributed by atoms with Gasteiger partial charge in [0.05, 0.1) is 21.8 Å². The van der Waals surface area contributed by atoms with Gasteiger partial charge in [0.25, 0.3) is 5.69 Å². The first-order chi connectivity index (χ1) is 12.1. The minimum absolute atomic E-state index is 0.00477. The van der Waals surface area contributed by atoms with Gasteiger partial charge in [-0.25, -0.2) is 0 Å². The standard InChI is InChI=1S/C18H17N3O5/c1-18(2)6-13(23)15-14(7-18)26-17(11(8-19)16(15)20)10-5-9(21(24)25)3-4-12(10)22/h3-5,17,22H,6-7,20H2,1-2H3/t17-/m0/s1. The Balaban J connectivity index is 2.15. The van der Waals surface area contributed by atoms with Crippen molar-refractivity contribution in [2.45, 2.75) is 32.8 Å². The number of carbonyl (C=O) groups is 1. The van der Waals surface area contributed by atoms with Crippen molar-refractivity contribution in [1.82, 2.24) is 0 Å². The second-order valence-electron chi connectivity index (χ2n) is 7.18. The number of nitriles is 1. The number of nitrogens with two attached hydrogens (primary N) is 1. The van der Waals surface area contributed by atoms with Gasteiger partial charge in [-0.2, -0.15) is 5.26 Å². The molecule has 1 atom stereocenters. The molecular formula is C18H17N3O5. The number of nitro groups is 1. The molecule has 0 aromatic heterocycles. The summed E-state index contributed by atoms with van der Waals surface area (Å²) in [4.78, 5) is 22.9. The third-order valence-electron chi connectivity index (χ3n) is 4.54. The maximum absolute atomic E-state index is 12.5. The van der Waals surface area contributed by atoms with Gasteiger partial charge in [-0.05, 0) is 11.5 Å². The number of hydrogen-bond donors (Lipinski definition) is 2. The Kier molecular flexibility index (Phi) is 3.95. The van der Waals surface area contributed by atoms with Gasteiger partial charge in [0.2, 0.25) is 0 Å². The van der Waals surface area contributed by atoms with E-state index >= 15 is 0 Å². The van der Waals surface area contributed by atoms with E-state index in [4.69, 9.17) is 10.5 Å². The van der Waals surface area contributed by atoms with E-state index in [-0.39, 0.29) is 51.5 Å². The molecule has 0 bridgehead atoms. The number of aromatic hydroxyl groups is 1. The molecule has 0 radical (unpaired) electrons. The van der Waals surface area contributed by atoms with Crippen LogP contribution in [0.15, 0.2) is 40.8 Å². The van der Waals surface area contributed by atoms with E-state index in [0.717, 1.165) is 12.1 Å². The van der Waals surface area contributed by atoms with Crippen molar-refractivity contribution in [3.8, 4) is 11.8 Å². The minimum Gasteiger partial charge on any atom is -0.508 e. The number of phenolic OH excluding ortho intramolecular Hbond substituents is 1. The normalized spacial score (nSPS) is 21.7. The van der Waals surface area contributed by atoms with Crippen LogP contribution in [0.2, 0.25) is 0 Å². The van der Waals surface area contributed by atoms with E-state index < -0.39 is 11.0 Å². The first kappa shape index (κ1) is 17.5. The molecule has 1 aromatic rings. The smallest absolute Gasteiger partial charge is 0.270 e. The quantitative estimate of drug-likeness (QED) is 0.614. The molecule has 0 fully saturated rings. The second kappa shape index (κ2) is 5.88. The number of non-ortho nitro benzene ring substituents is 1. The van der Waals surface area contributed by atoms with Crippen molar-refractivity contribution in [2.75, 3.05) is 0 Å². The number of benzene rings is 1. The first-order valence-electron chi connectivity index (χ1n) is 7.95. The molecule has 134 valence electrons. The lowest BCUT2D eigenvalue weighted by Gasteiger charge is -2.37. The van der Waals surface area contributed by atoms with Crippen molar-refractivity contribution >= 4 is 11.5 Å². The van der Waals surface area contributed by atoms with E-state index in [9.17, 15) is 25.3 Å². The fourth-order valence-corrected chi connectivity index (χ4v) is 3.35. The van der Waals surface area contributed by atoms with Crippen LogP contribution in [0, 0.1) is 26.9 Å². The molecule has 0 saturated heterocycles. The Bertz CT molecular complexity index is 937. The number of nitrogens with zero attached hydrogens (tertiary/aromatic N) is 2. The minimum atomic E-state index is -1.11. The molecule has 2 aliphatic rings. The average molecular weight is 355 g/mol. The van der Waals surface area contributed by atoms with Crippen molar-refractivity contribution < 1.29 is 19.6 Å². The highest BCUT2D eigenvalue weighted by molar-refractivity contribution is 6.01. The van der Waals surface area contributed by atoms with Gasteiger partial charge in [-0.3, -0.25) is 14.9 Å². The van der Waals surface area contributed by atoms with Crippen LogP contribution < -0.4 is 5.73 Å². The predicted octanol–water partition coefficient (Wildman–Crippen LogP) is 2.75. The Morgan fingerprint density at radius 2 is 2.12 bits per heavy atom. The van der Waals surface area contributed by atoms with Crippen molar-refractivity contribution in [2.24, 2.45) is 11.1 Å². The van der Waals surface area contributed by atoms with Crippen LogP contribution in [0.1, 0.15) is 38.4 Å². The highest BCUT2D eigenvalue weighted by Gasteiger charge is 2.41. The first-order valence-corrected chi connectivity index (χ1v) is 7.95. The lowest BCUT2D eigenvalue weighted by Crippen LogP contribution is -2.33. The SMILES string of the molecule is CC1(C)CC(=O)C2=C(C1)O[C@@H](c1cc([N+](=O)[O-])ccc1O)C(C#N)=C2N. The van der Waals surface area contributed by atoms with E-state index in [0.29, 0.717) is 12.2 Å². The summed E-state index contributed by atoms with van der Waals surface area (Å²) in [6, 6.07) is 5.38. The number of ketones is 1. The van der Waals surface area contributed by atoms with Crippen LogP contribution in [0.5, 0.6) is 5.75 Å². The van der Waals surface area contributed by atoms with Gasteiger partial charge >= 0.3 is 0 Å². The molecule has 0 saturated carbocycles. The average Bonchev–Trinajstić information content (AvgIpc) is 2.53. The van der Waals surface area contributed by atoms with Gasteiger partial charge in [0, 0.05) is 30.5 Å². The Hall–Kier alpha value is -3.34. The number of allylic oxidation sites excluding steroid dienone is 2. The van der Waals surface area contributed by atoms with Crippen LogP contribution in [0.4, 0.5) is 5.69 Å². The highest BCUT2D eigenvalue weighted by atomic mass is 16.6. The molecule has 1 aliphatic carbocycles. The summed E-state index contributed by atoms with van der Waals surface area (Å²) in [6.07, 6.45) is -0.401. The van der Waals surface area contributed by atoms with Gasteiger partial charge in [-0.1, -0.05) is 13.8 Å². The number of hydrogen-bond acceptors (Lipinski definition) is 7. The van der Waals surface area contributed by atoms with Crippen molar-refractivity contribution in [3.63, 3.8) is 0 Å². The fraction of sp³-hybridized carbons (Fsp3) is 0.333. The van der Waals surface area contributed by atoms with Crippen LogP contribution >= 0.6 is 0 Å². The summed E-state index contributed by atoms with van der Waals surface area (Å²) < 4.78 is 5.89. The number of phenols is 1. The van der Waals surface area contributed by atoms with Gasteiger partial charge in [-0.15, -0.1) is 0 Å². The number of nitro benzene ring substituents is 1. The van der Waals surface area contributed by atoms with Gasteiger partial charge < -0.3 is 15.6 Å². The van der Waals surface area contributed by atoms with E-state index in [1.807, 2.05) is 19.9 Å². The van der Waals surface area contributed by atoms with Crippen LogP contribution in [-0.2, 0) is 9.53 Å². The maximum atomic E-state index is 12.5. The molecule has 0 spiro atoms. The molecule has 0 amide bonds. The summed E-state index contributed by atoms with van der Waals surface area (Å²) >= 11 is 0. The summed E-state index contributed by atoms with van der Waals surface area (Å²) in [6.45, 7) is 3.83. The van der Waals surface area contributed by atoms with Crippen molar-refractivity contribution in [3.05, 3.63) is 56.5 Å². The zero-order chi connectivity index (χ0) is 19.2. The van der Waals surface area contributed by atoms with E-state index in [2.05, 4.69) is 0 Å². The number of rotatable bonds is 2. The summed E-state index contributed by atoms with van der Waals surface area (Å²) in [5, 5.41) is 30.7. The number of ether oxygens (including phenoxy) is 1. The van der Waals surface area contributed by atoms with Crippen LogP contribution in [0.25, 0.3) is 0 Å². The lowest BCUT2D eigenvalue weighted by atomic mass is 9.74. The van der Waals surface area contributed by atoms with E-state index in [1.54, 1.807) is 0 Å². The van der Waals surface area contributed by atoms with Gasteiger partial charge in [0.15, 0.2) is 11.9 Å². The summed E-state index contributed by atoms with van der Waals surface area (Å²) in [7, 11) is 0. The Labute approximate surface area is 149 Å². The third-order valence-corrected chi connectivity index (χ3v) is 4.54. The monoisotopic (exact) mass is 355 g/mol. The molecule has 3 rings (SSSR count). The van der Waals surface area contributed by atoms with Gasteiger partial charge in [0.1, 0.15) is 17.6 Å². The molecule has 3 N–H and O–H groups in total. The highest BCUT2D eigenvalue weighted by Crippen LogP contribution is 2.47. The topological polar surface area (TPSA) is 139 Å². The maximum Gasteiger partial charge on any atom is 0.270 e. The summed E-state index contributed by atoms with van der Waals surface area (Å²) in [5.74, 6) is -0.117.